The van der Waals surface area contributed by atoms with Gasteiger partial charge < -0.3 is 20.7 Å². The van der Waals surface area contributed by atoms with Crippen LogP contribution in [0, 0.1) is 11.6 Å². The van der Waals surface area contributed by atoms with Crippen molar-refractivity contribution >= 4 is 60.4 Å². The summed E-state index contributed by atoms with van der Waals surface area (Å²) in [6.07, 6.45) is -8.42. The third kappa shape index (κ3) is 7.23. The highest BCUT2D eigenvalue weighted by atomic mass is 32.2. The molecule has 266 valence electrons. The van der Waals surface area contributed by atoms with Crippen LogP contribution in [0.25, 0.3) is 10.1 Å². The topological polar surface area (TPSA) is 131 Å². The number of benzene rings is 3. The molecule has 1 saturated carbocycles. The lowest BCUT2D eigenvalue weighted by Crippen LogP contribution is -2.38. The summed E-state index contributed by atoms with van der Waals surface area (Å²) in [7, 11) is -2.51. The number of hydrogen-bond donors (Lipinski definition) is 3. The first-order chi connectivity index (χ1) is 23.1. The van der Waals surface area contributed by atoms with E-state index in [0.717, 1.165) is 31.6 Å². The maximum Gasteiger partial charge on any atom is 0.419 e. The van der Waals surface area contributed by atoms with Crippen LogP contribution in [0.3, 0.4) is 0 Å². The number of anilines is 2. The Morgan fingerprint density at radius 2 is 1.52 bits per heavy atom. The van der Waals surface area contributed by atoms with E-state index in [2.05, 4.69) is 16.0 Å². The molecule has 0 spiro atoms. The van der Waals surface area contributed by atoms with Gasteiger partial charge in [-0.25, -0.2) is 17.2 Å². The molecule has 0 unspecified atom stereocenters. The Labute approximate surface area is 281 Å². The molecule has 0 saturated heterocycles. The van der Waals surface area contributed by atoms with Crippen LogP contribution in [-0.4, -0.2) is 50.8 Å². The predicted octanol–water partition coefficient (Wildman–Crippen LogP) is 7.04. The maximum atomic E-state index is 15.0. The lowest BCUT2D eigenvalue weighted by atomic mass is 10.1. The van der Waals surface area contributed by atoms with Crippen molar-refractivity contribution in [3.8, 4) is 5.75 Å². The van der Waals surface area contributed by atoms with E-state index in [1.807, 2.05) is 0 Å². The van der Waals surface area contributed by atoms with Crippen molar-refractivity contribution < 1.29 is 62.7 Å². The van der Waals surface area contributed by atoms with Crippen LogP contribution in [0.2, 0.25) is 0 Å². The maximum absolute atomic E-state index is 15.0. The molecule has 3 N–H and O–H groups in total. The van der Waals surface area contributed by atoms with E-state index in [1.54, 1.807) is 0 Å². The molecular formula is C31H23F8N3O6S2. The molecule has 9 nitrogen and oxygen atoms in total. The van der Waals surface area contributed by atoms with Gasteiger partial charge in [0.05, 0.1) is 39.8 Å². The molecule has 1 aromatic heterocycles. The number of nitrogens with one attached hydrogen (secondary N) is 3. The molecule has 1 heterocycles. The fraction of sp³-hybridized carbons (Fsp3) is 0.258. The van der Waals surface area contributed by atoms with Crippen LogP contribution in [0.15, 0.2) is 48.5 Å². The molecule has 19 heteroatoms. The summed E-state index contributed by atoms with van der Waals surface area (Å²) < 4.78 is 137. The summed E-state index contributed by atoms with van der Waals surface area (Å²) in [5.41, 5.74) is -4.95. The summed E-state index contributed by atoms with van der Waals surface area (Å²) in [5.74, 6) is -6.62. The Bertz CT molecular complexity index is 2160. The normalized spacial score (nSPS) is 14.3. The first-order valence-electron chi connectivity index (χ1n) is 14.1. The second-order valence-electron chi connectivity index (χ2n) is 11.3. The average Bonchev–Trinajstić information content (AvgIpc) is 3.75. The van der Waals surface area contributed by atoms with Crippen molar-refractivity contribution in [3.05, 3.63) is 87.3 Å². The number of thiophene rings is 1. The second kappa shape index (κ2) is 12.8. The summed E-state index contributed by atoms with van der Waals surface area (Å²) in [5, 5.41) is 6.69. The smallest absolute Gasteiger partial charge is 0.419 e. The molecular weight excluding hydrogens is 726 g/mol. The van der Waals surface area contributed by atoms with Gasteiger partial charge in [0.1, 0.15) is 22.3 Å². The summed E-state index contributed by atoms with van der Waals surface area (Å²) in [6, 6.07) is 5.31. The minimum Gasteiger partial charge on any atom is -0.496 e. The number of alkyl halides is 6. The van der Waals surface area contributed by atoms with Crippen LogP contribution in [0.1, 0.15) is 54.4 Å². The van der Waals surface area contributed by atoms with Gasteiger partial charge in [-0.2, -0.15) is 26.3 Å². The van der Waals surface area contributed by atoms with Crippen molar-refractivity contribution in [3.63, 3.8) is 0 Å². The average molecular weight is 750 g/mol. The highest BCUT2D eigenvalue weighted by Gasteiger charge is 2.52. The molecule has 0 radical (unpaired) electrons. The minimum atomic E-state index is -5.13. The fourth-order valence-corrected chi connectivity index (χ4v) is 7.25. The number of fused-ring (bicyclic) bond motifs is 1. The first-order valence-corrected chi connectivity index (χ1v) is 16.8. The van der Waals surface area contributed by atoms with E-state index in [1.165, 1.54) is 0 Å². The third-order valence-corrected chi connectivity index (χ3v) is 11.2. The zero-order valence-corrected chi connectivity index (χ0v) is 27.2. The number of rotatable bonds is 9. The number of halogens is 8. The minimum absolute atomic E-state index is 0.105. The number of carbonyl (C=O) groups excluding carboxylic acids is 3. The monoisotopic (exact) mass is 749 g/mol. The number of hydrogen-bond acceptors (Lipinski definition) is 7. The van der Waals surface area contributed by atoms with Crippen LogP contribution >= 0.6 is 11.3 Å². The number of sulfone groups is 1. The summed E-state index contributed by atoms with van der Waals surface area (Å²) in [6.45, 7) is -0.338. The van der Waals surface area contributed by atoms with Crippen LogP contribution < -0.4 is 20.7 Å². The quantitative estimate of drug-likeness (QED) is 0.158. The second-order valence-corrected chi connectivity index (χ2v) is 14.7. The van der Waals surface area contributed by atoms with E-state index in [-0.39, 0.29) is 29.5 Å². The van der Waals surface area contributed by atoms with E-state index < -0.39 is 101 Å². The molecule has 0 atom stereocenters. The molecule has 1 aliphatic rings. The molecule has 1 aliphatic carbocycles. The zero-order chi connectivity index (χ0) is 37.0. The molecule has 3 aromatic carbocycles. The van der Waals surface area contributed by atoms with Gasteiger partial charge in [-0.3, -0.25) is 14.4 Å². The van der Waals surface area contributed by atoms with E-state index in [0.29, 0.717) is 41.7 Å². The lowest BCUT2D eigenvalue weighted by molar-refractivity contribution is -0.140. The summed E-state index contributed by atoms with van der Waals surface area (Å²) >= 11 is 0.441. The predicted molar refractivity (Wildman–Crippen MR) is 166 cm³/mol. The number of amides is 3. The molecule has 5 rings (SSSR count). The van der Waals surface area contributed by atoms with Gasteiger partial charge in [-0.15, -0.1) is 11.3 Å². The Morgan fingerprint density at radius 1 is 0.840 bits per heavy atom. The van der Waals surface area contributed by atoms with Crippen molar-refractivity contribution in [2.24, 2.45) is 0 Å². The van der Waals surface area contributed by atoms with Gasteiger partial charge in [0.25, 0.3) is 17.7 Å². The number of methoxy groups -OCH3 is 1. The Hall–Kier alpha value is -4.78. The molecule has 1 fully saturated rings. The van der Waals surface area contributed by atoms with Gasteiger partial charge in [-0.05, 0) is 49.2 Å². The first kappa shape index (κ1) is 36.5. The highest BCUT2D eigenvalue weighted by Crippen LogP contribution is 2.43. The number of ether oxygens (including phenoxy) is 1. The standard InChI is InChI=1S/C31H23F8N3O6S2/c1-48-22-12-21(33)17(26(43)40-13-29(7-8-29)50(2,46)47)11-18(22)27(44)42-24-16-5-3-14(30(34,35)36)9-23(16)49-25(24)28(45)41-15-4-6-20(32)19(10-15)31(37,38)39/h3-6,9-12H,7-8,13H2,1-2H3,(H,40,43)(H,41,45)(H,42,44). The van der Waals surface area contributed by atoms with Crippen molar-refractivity contribution in [2.45, 2.75) is 29.9 Å². The van der Waals surface area contributed by atoms with E-state index in [4.69, 9.17) is 4.74 Å². The van der Waals surface area contributed by atoms with Gasteiger partial charge in [-0.1, -0.05) is 6.07 Å². The Kier molecular flexibility index (Phi) is 9.37. The Balaban J connectivity index is 1.52. The molecule has 3 amide bonds. The van der Waals surface area contributed by atoms with Crippen molar-refractivity contribution in [1.29, 1.82) is 0 Å². The van der Waals surface area contributed by atoms with Gasteiger partial charge in [0, 0.05) is 34.6 Å². The van der Waals surface area contributed by atoms with Gasteiger partial charge in [0.2, 0.25) is 0 Å². The van der Waals surface area contributed by atoms with Gasteiger partial charge in [0.15, 0.2) is 9.84 Å². The summed E-state index contributed by atoms with van der Waals surface area (Å²) in [4.78, 5) is 39.4. The molecule has 0 aliphatic heterocycles. The molecule has 4 aromatic rings. The number of carbonyl (C=O) groups is 3. The third-order valence-electron chi connectivity index (χ3n) is 7.94. The molecule has 0 bridgehead atoms. The van der Waals surface area contributed by atoms with E-state index >= 15 is 0 Å². The van der Waals surface area contributed by atoms with Crippen molar-refractivity contribution in [2.75, 3.05) is 30.5 Å². The van der Waals surface area contributed by atoms with Crippen molar-refractivity contribution in [1.82, 2.24) is 5.32 Å². The van der Waals surface area contributed by atoms with E-state index in [9.17, 15) is 57.9 Å². The SMILES string of the molecule is COc1cc(F)c(C(=O)NCC2(S(C)(=O)=O)CC2)cc1C(=O)Nc1c(C(=O)Nc2ccc(F)c(C(F)(F)F)c2)sc2cc(C(F)(F)F)ccc12. The fourth-order valence-electron chi connectivity index (χ4n) is 4.98. The largest absolute Gasteiger partial charge is 0.496 e. The van der Waals surface area contributed by atoms with Crippen LogP contribution in [0.4, 0.5) is 46.5 Å². The van der Waals surface area contributed by atoms with Crippen LogP contribution in [0.5, 0.6) is 5.75 Å². The zero-order valence-electron chi connectivity index (χ0n) is 25.5. The lowest BCUT2D eigenvalue weighted by Gasteiger charge is -2.16. The van der Waals surface area contributed by atoms with Crippen LogP contribution in [-0.2, 0) is 22.2 Å². The Morgan fingerprint density at radius 3 is 2.10 bits per heavy atom. The van der Waals surface area contributed by atoms with Gasteiger partial charge >= 0.3 is 12.4 Å². The highest BCUT2D eigenvalue weighted by molar-refractivity contribution is 7.92. The molecule has 50 heavy (non-hydrogen) atoms.